The molecule has 0 spiro atoms. The molecule has 1 atom stereocenters. The van der Waals surface area contributed by atoms with Gasteiger partial charge in [0.1, 0.15) is 5.84 Å². The van der Waals surface area contributed by atoms with Crippen LogP contribution in [0.2, 0.25) is 0 Å². The van der Waals surface area contributed by atoms with E-state index in [2.05, 4.69) is 18.7 Å². The van der Waals surface area contributed by atoms with E-state index in [1.807, 2.05) is 69.6 Å². The van der Waals surface area contributed by atoms with Gasteiger partial charge in [0.2, 0.25) is 0 Å². The number of hydrogen-bond donors (Lipinski definition) is 2. The second kappa shape index (κ2) is 14.9. The Bertz CT molecular complexity index is 973. The number of nitrogens with one attached hydrogen (secondary N) is 1. The number of amidine groups is 1. The molecule has 0 radical (unpaired) electrons. The van der Waals surface area contributed by atoms with Crippen LogP contribution < -0.4 is 5.73 Å². The van der Waals surface area contributed by atoms with E-state index in [1.165, 1.54) is 19.0 Å². The summed E-state index contributed by atoms with van der Waals surface area (Å²) in [6.45, 7) is 11.9. The summed E-state index contributed by atoms with van der Waals surface area (Å²) in [5.41, 5.74) is 9.12. The first-order valence-corrected chi connectivity index (χ1v) is 12.8. The summed E-state index contributed by atoms with van der Waals surface area (Å²) in [5.74, 6) is 0.236. The van der Waals surface area contributed by atoms with E-state index in [0.717, 1.165) is 29.9 Å². The van der Waals surface area contributed by atoms with Crippen molar-refractivity contribution in [3.05, 3.63) is 83.4 Å². The van der Waals surface area contributed by atoms with Gasteiger partial charge in [0.05, 0.1) is 19.3 Å². The number of allylic oxidation sites excluding steroid dienone is 1. The SMILES string of the molecule is C/C(=C\C(C(=O)N(C)Cc1ccccc1)=C1\C=CN(C(=N)/C=C\N)C1C)N1CCOCC1.CCCC. The van der Waals surface area contributed by atoms with Crippen LogP contribution in [0.1, 0.15) is 46.1 Å². The van der Waals surface area contributed by atoms with Gasteiger partial charge in [0.15, 0.2) is 0 Å². The number of carbonyl (C=O) groups excluding carboxylic acids is 1. The standard InChI is InChI=1S/C25H33N5O2.C4H10/c1-19(29-13-15-32-16-14-29)17-23(22-10-12-30(20(22)2)24(27)9-11-26)25(31)28(3)18-21-7-5-4-6-8-21;1-3-4-2/h4-12,17,20,27H,13-16,18,26H2,1-3H3;3-4H2,1-2H3/b11-9-,19-17+,23-22+,27-24?;. The number of ether oxygens (including phenoxy) is 1. The van der Waals surface area contributed by atoms with Gasteiger partial charge in [-0.15, -0.1) is 0 Å². The highest BCUT2D eigenvalue weighted by Crippen LogP contribution is 2.27. The van der Waals surface area contributed by atoms with Crippen molar-refractivity contribution in [2.24, 2.45) is 5.73 Å². The smallest absolute Gasteiger partial charge is 0.254 e. The fourth-order valence-corrected chi connectivity index (χ4v) is 3.98. The molecule has 36 heavy (non-hydrogen) atoms. The van der Waals surface area contributed by atoms with Gasteiger partial charge in [-0.2, -0.15) is 0 Å². The third-order valence-corrected chi connectivity index (χ3v) is 6.33. The van der Waals surface area contributed by atoms with Crippen molar-refractivity contribution in [3.8, 4) is 0 Å². The number of likely N-dealkylation sites (N-methyl/N-ethyl adjacent to an activating group) is 1. The lowest BCUT2D eigenvalue weighted by molar-refractivity contribution is -0.126. The molecule has 3 N–H and O–H groups in total. The van der Waals surface area contributed by atoms with Gasteiger partial charge >= 0.3 is 0 Å². The molecule has 2 aliphatic rings. The van der Waals surface area contributed by atoms with Crippen molar-refractivity contribution in [1.29, 1.82) is 5.41 Å². The van der Waals surface area contributed by atoms with Crippen LogP contribution in [0, 0.1) is 5.41 Å². The van der Waals surface area contributed by atoms with Crippen LogP contribution in [-0.4, -0.2) is 65.8 Å². The third kappa shape index (κ3) is 8.12. The van der Waals surface area contributed by atoms with Crippen molar-refractivity contribution >= 4 is 11.7 Å². The van der Waals surface area contributed by atoms with Crippen molar-refractivity contribution in [1.82, 2.24) is 14.7 Å². The number of rotatable bonds is 7. The zero-order chi connectivity index (χ0) is 26.5. The lowest BCUT2D eigenvalue weighted by atomic mass is 10.00. The van der Waals surface area contributed by atoms with Crippen LogP contribution in [0.5, 0.6) is 0 Å². The van der Waals surface area contributed by atoms with Crippen molar-refractivity contribution in [2.45, 2.75) is 53.1 Å². The van der Waals surface area contributed by atoms with Crippen LogP contribution in [0.25, 0.3) is 0 Å². The topological polar surface area (TPSA) is 85.9 Å². The van der Waals surface area contributed by atoms with Crippen molar-refractivity contribution in [2.75, 3.05) is 33.4 Å². The van der Waals surface area contributed by atoms with Crippen LogP contribution in [0.15, 0.2) is 77.8 Å². The molecule has 196 valence electrons. The molecule has 2 aliphatic heterocycles. The number of carbonyl (C=O) groups is 1. The minimum absolute atomic E-state index is 0.0456. The van der Waals surface area contributed by atoms with Gasteiger partial charge in [0, 0.05) is 44.2 Å². The molecular formula is C29H43N5O2. The number of nitrogens with zero attached hydrogens (tertiary/aromatic N) is 3. The number of nitrogens with two attached hydrogens (primary N) is 1. The minimum atomic E-state index is -0.156. The molecule has 7 heteroatoms. The summed E-state index contributed by atoms with van der Waals surface area (Å²) in [7, 11) is 1.83. The molecule has 0 bridgehead atoms. The van der Waals surface area contributed by atoms with Crippen LogP contribution in [0.4, 0.5) is 0 Å². The fourth-order valence-electron chi connectivity index (χ4n) is 3.98. The second-order valence-corrected chi connectivity index (χ2v) is 9.04. The van der Waals surface area contributed by atoms with E-state index in [9.17, 15) is 4.79 Å². The molecule has 1 fully saturated rings. The normalized spacial score (nSPS) is 19.2. The minimum Gasteiger partial charge on any atom is -0.404 e. The van der Waals surface area contributed by atoms with Gasteiger partial charge in [-0.25, -0.2) is 0 Å². The molecule has 1 unspecified atom stereocenters. The summed E-state index contributed by atoms with van der Waals surface area (Å²) in [6, 6.07) is 9.81. The molecule has 3 rings (SSSR count). The van der Waals surface area contributed by atoms with E-state index < -0.39 is 0 Å². The second-order valence-electron chi connectivity index (χ2n) is 9.04. The van der Waals surface area contributed by atoms with Gasteiger partial charge in [0.25, 0.3) is 5.91 Å². The summed E-state index contributed by atoms with van der Waals surface area (Å²) in [4.78, 5) is 19.4. The number of amides is 1. The van der Waals surface area contributed by atoms with E-state index in [-0.39, 0.29) is 17.8 Å². The Morgan fingerprint density at radius 2 is 1.83 bits per heavy atom. The highest BCUT2D eigenvalue weighted by Gasteiger charge is 2.28. The van der Waals surface area contributed by atoms with Gasteiger partial charge < -0.3 is 25.2 Å². The predicted molar refractivity (Wildman–Crippen MR) is 148 cm³/mol. The Morgan fingerprint density at radius 1 is 1.19 bits per heavy atom. The summed E-state index contributed by atoms with van der Waals surface area (Å²) < 4.78 is 5.47. The highest BCUT2D eigenvalue weighted by atomic mass is 16.5. The number of hydrogen-bond acceptors (Lipinski definition) is 5. The number of morpholine rings is 1. The maximum atomic E-state index is 13.6. The molecule has 0 aromatic heterocycles. The van der Waals surface area contributed by atoms with Crippen LogP contribution in [-0.2, 0) is 16.1 Å². The quantitative estimate of drug-likeness (QED) is 0.328. The summed E-state index contributed by atoms with van der Waals surface area (Å²) >= 11 is 0. The molecule has 1 aromatic carbocycles. The van der Waals surface area contributed by atoms with Gasteiger partial charge in [-0.3, -0.25) is 10.2 Å². The average molecular weight is 494 g/mol. The highest BCUT2D eigenvalue weighted by molar-refractivity contribution is 5.99. The lowest BCUT2D eigenvalue weighted by Crippen LogP contribution is -2.36. The van der Waals surface area contributed by atoms with Crippen molar-refractivity contribution in [3.63, 3.8) is 0 Å². The number of benzene rings is 1. The first kappa shape index (κ1) is 28.9. The molecule has 1 amide bonds. The van der Waals surface area contributed by atoms with Crippen LogP contribution >= 0.6 is 0 Å². The third-order valence-electron chi connectivity index (χ3n) is 6.33. The maximum Gasteiger partial charge on any atom is 0.254 e. The molecule has 1 saturated heterocycles. The first-order chi connectivity index (χ1) is 17.3. The Hall–Kier alpha value is -3.32. The molecule has 0 aliphatic carbocycles. The molecule has 0 saturated carbocycles. The van der Waals surface area contributed by atoms with Crippen molar-refractivity contribution < 1.29 is 9.53 Å². The van der Waals surface area contributed by atoms with E-state index >= 15 is 0 Å². The summed E-state index contributed by atoms with van der Waals surface area (Å²) in [6.07, 6.45) is 11.3. The Kier molecular flexibility index (Phi) is 12.0. The fraction of sp³-hybridized carbons (Fsp3) is 0.448. The molecular weight excluding hydrogens is 450 g/mol. The maximum absolute atomic E-state index is 13.6. The largest absolute Gasteiger partial charge is 0.404 e. The first-order valence-electron chi connectivity index (χ1n) is 12.8. The lowest BCUT2D eigenvalue weighted by Gasteiger charge is -2.30. The Morgan fingerprint density at radius 3 is 2.42 bits per heavy atom. The predicted octanol–water partition coefficient (Wildman–Crippen LogP) is 4.65. The Labute approximate surface area is 217 Å². The average Bonchev–Trinajstić information content (AvgIpc) is 3.29. The monoisotopic (exact) mass is 493 g/mol. The summed E-state index contributed by atoms with van der Waals surface area (Å²) in [5, 5.41) is 8.24. The van der Waals surface area contributed by atoms with E-state index in [0.29, 0.717) is 25.3 Å². The zero-order valence-corrected chi connectivity index (χ0v) is 22.5. The van der Waals surface area contributed by atoms with Gasteiger partial charge in [-0.05, 0) is 49.4 Å². The van der Waals surface area contributed by atoms with E-state index in [1.54, 1.807) is 15.9 Å². The van der Waals surface area contributed by atoms with Crippen LogP contribution in [0.3, 0.4) is 0 Å². The van der Waals surface area contributed by atoms with E-state index in [4.69, 9.17) is 15.9 Å². The van der Waals surface area contributed by atoms with Gasteiger partial charge in [-0.1, -0.05) is 57.0 Å². The zero-order valence-electron chi connectivity index (χ0n) is 22.5. The molecule has 1 aromatic rings. The Balaban J connectivity index is 0.00000106. The molecule has 2 heterocycles. The number of unbranched alkanes of at least 4 members (excludes halogenated alkanes) is 1. The molecule has 7 nitrogen and oxygen atoms in total.